The average molecular weight is 778 g/mol. The predicted molar refractivity (Wildman–Crippen MR) is 254 cm³/mol. The molecule has 0 saturated heterocycles. The van der Waals surface area contributed by atoms with Crippen LogP contribution in [0, 0.1) is 0 Å². The molecule has 0 bridgehead atoms. The Morgan fingerprint density at radius 1 is 0.377 bits per heavy atom. The molecule has 0 spiro atoms. The van der Waals surface area contributed by atoms with Gasteiger partial charge in [0.2, 0.25) is 0 Å². The van der Waals surface area contributed by atoms with Gasteiger partial charge in [0.15, 0.2) is 0 Å². The zero-order chi connectivity index (χ0) is 40.3. The van der Waals surface area contributed by atoms with Crippen molar-refractivity contribution in [2.75, 3.05) is 4.90 Å². The molecule has 0 atom stereocenters. The van der Waals surface area contributed by atoms with Crippen molar-refractivity contribution in [3.8, 4) is 33.4 Å². The fourth-order valence-electron chi connectivity index (χ4n) is 10.2. The summed E-state index contributed by atoms with van der Waals surface area (Å²) in [6, 6.07) is 85.9. The molecule has 0 radical (unpaired) electrons. The quantitative estimate of drug-likeness (QED) is 0.160. The van der Waals surface area contributed by atoms with E-state index >= 15 is 0 Å². The highest BCUT2D eigenvalue weighted by molar-refractivity contribution is 6.22. The minimum atomic E-state index is -0.549. The normalized spacial score (nSPS) is 12.7. The van der Waals surface area contributed by atoms with Crippen molar-refractivity contribution in [1.29, 1.82) is 0 Å². The molecule has 1 aliphatic rings. The van der Waals surface area contributed by atoms with Crippen molar-refractivity contribution in [3.63, 3.8) is 0 Å². The van der Waals surface area contributed by atoms with E-state index in [1.807, 2.05) is 0 Å². The molecule has 0 amide bonds. The Bertz CT molecular complexity index is 3370. The minimum Gasteiger partial charge on any atom is -0.455 e. The second-order valence-corrected chi connectivity index (χ2v) is 15.9. The maximum Gasteiger partial charge on any atom is 0.143 e. The second kappa shape index (κ2) is 14.1. The molecule has 0 unspecified atom stereocenters. The van der Waals surface area contributed by atoms with Crippen molar-refractivity contribution < 1.29 is 4.42 Å². The number of furan rings is 1. The van der Waals surface area contributed by atoms with Crippen LogP contribution in [0.2, 0.25) is 0 Å². The molecule has 1 heterocycles. The van der Waals surface area contributed by atoms with Crippen molar-refractivity contribution in [2.45, 2.75) is 5.41 Å². The molecule has 61 heavy (non-hydrogen) atoms. The Kier molecular flexibility index (Phi) is 8.11. The molecule has 1 aromatic heterocycles. The van der Waals surface area contributed by atoms with Gasteiger partial charge in [0.05, 0.1) is 22.2 Å². The first-order valence-electron chi connectivity index (χ1n) is 21.0. The number of benzene rings is 10. The smallest absolute Gasteiger partial charge is 0.143 e. The highest BCUT2D eigenvalue weighted by Crippen LogP contribution is 2.58. The van der Waals surface area contributed by atoms with Crippen LogP contribution < -0.4 is 4.90 Å². The van der Waals surface area contributed by atoms with Crippen molar-refractivity contribution in [3.05, 3.63) is 259 Å². The molecule has 286 valence electrons. The number of fused-ring (bicyclic) bond motifs is 7. The van der Waals surface area contributed by atoms with Crippen molar-refractivity contribution in [1.82, 2.24) is 0 Å². The molecule has 11 aromatic rings. The largest absolute Gasteiger partial charge is 0.455 e. The highest BCUT2D eigenvalue weighted by atomic mass is 16.3. The number of hydrogen-bond acceptors (Lipinski definition) is 2. The lowest BCUT2D eigenvalue weighted by atomic mass is 9.67. The molecule has 0 fully saturated rings. The summed E-state index contributed by atoms with van der Waals surface area (Å²) < 4.78 is 7.06. The Hall–Kier alpha value is -7.94. The fraction of sp³-hybridized carbons (Fsp3) is 0.0169. The monoisotopic (exact) mass is 777 g/mol. The first kappa shape index (κ1) is 35.0. The van der Waals surface area contributed by atoms with Crippen LogP contribution >= 0.6 is 0 Å². The molecule has 0 aliphatic heterocycles. The van der Waals surface area contributed by atoms with Gasteiger partial charge >= 0.3 is 0 Å². The third-order valence-electron chi connectivity index (χ3n) is 12.7. The molecule has 0 saturated carbocycles. The van der Waals surface area contributed by atoms with Gasteiger partial charge in [0.1, 0.15) is 11.2 Å². The SMILES string of the molecule is c1ccc(-c2ccccc2N(c2ccc3c(c2)C(c2ccccc2)(c2ccccc2)c2ccccc2-3)c2cccc3oc4c(-c5ccccc5)c5ccccc5cc4c23)cc1. The van der Waals surface area contributed by atoms with Crippen LogP contribution in [0.25, 0.3) is 66.1 Å². The van der Waals surface area contributed by atoms with Crippen molar-refractivity contribution >= 4 is 49.8 Å². The third kappa shape index (κ3) is 5.36. The van der Waals surface area contributed by atoms with Crippen LogP contribution in [-0.4, -0.2) is 0 Å². The molecule has 12 rings (SSSR count). The summed E-state index contributed by atoms with van der Waals surface area (Å²) in [6.07, 6.45) is 0. The molecular formula is C59H39NO. The van der Waals surface area contributed by atoms with Gasteiger partial charge < -0.3 is 9.32 Å². The lowest BCUT2D eigenvalue weighted by Gasteiger charge is -2.35. The summed E-state index contributed by atoms with van der Waals surface area (Å²) in [5, 5.41) is 4.50. The summed E-state index contributed by atoms with van der Waals surface area (Å²) in [6.45, 7) is 0. The number of nitrogens with zero attached hydrogens (tertiary/aromatic N) is 1. The molecule has 1 aliphatic carbocycles. The van der Waals surface area contributed by atoms with Crippen LogP contribution in [0.3, 0.4) is 0 Å². The zero-order valence-electron chi connectivity index (χ0n) is 33.4. The van der Waals surface area contributed by atoms with E-state index in [2.05, 4.69) is 241 Å². The van der Waals surface area contributed by atoms with Gasteiger partial charge in [0, 0.05) is 22.2 Å². The Balaban J connectivity index is 1.19. The van der Waals surface area contributed by atoms with Crippen LogP contribution in [0.4, 0.5) is 17.1 Å². The van der Waals surface area contributed by atoms with E-state index in [0.29, 0.717) is 0 Å². The number of anilines is 3. The highest BCUT2D eigenvalue weighted by Gasteiger charge is 2.46. The third-order valence-corrected chi connectivity index (χ3v) is 12.7. The lowest BCUT2D eigenvalue weighted by molar-refractivity contribution is 0.670. The summed E-state index contributed by atoms with van der Waals surface area (Å²) >= 11 is 0. The van der Waals surface area contributed by atoms with E-state index < -0.39 is 5.41 Å². The van der Waals surface area contributed by atoms with Gasteiger partial charge in [-0.2, -0.15) is 0 Å². The number of para-hydroxylation sites is 1. The second-order valence-electron chi connectivity index (χ2n) is 15.9. The van der Waals surface area contributed by atoms with Gasteiger partial charge in [0.25, 0.3) is 0 Å². The lowest BCUT2D eigenvalue weighted by Crippen LogP contribution is -2.28. The van der Waals surface area contributed by atoms with Crippen LogP contribution in [0.1, 0.15) is 22.3 Å². The van der Waals surface area contributed by atoms with Gasteiger partial charge in [-0.1, -0.05) is 200 Å². The molecule has 10 aromatic carbocycles. The Labute approximate surface area is 355 Å². The summed E-state index contributed by atoms with van der Waals surface area (Å²) in [4.78, 5) is 2.47. The molecule has 0 N–H and O–H groups in total. The van der Waals surface area contributed by atoms with Gasteiger partial charge in [-0.25, -0.2) is 0 Å². The average Bonchev–Trinajstić information content (AvgIpc) is 3.86. The first-order chi connectivity index (χ1) is 30.3. The topological polar surface area (TPSA) is 16.4 Å². The molecule has 2 nitrogen and oxygen atoms in total. The first-order valence-corrected chi connectivity index (χ1v) is 21.0. The maximum absolute atomic E-state index is 7.06. The van der Waals surface area contributed by atoms with Crippen LogP contribution in [0.5, 0.6) is 0 Å². The Morgan fingerprint density at radius 2 is 0.951 bits per heavy atom. The van der Waals surface area contributed by atoms with E-state index in [4.69, 9.17) is 4.42 Å². The van der Waals surface area contributed by atoms with E-state index in [-0.39, 0.29) is 0 Å². The standard InChI is InChI=1S/C59H39NO/c1-5-20-40(21-6-1)46-29-16-18-33-53(46)60(54-34-19-35-55-57(54)50-38-42-24-13-14-30-47(42)56(58(50)61-55)41-22-7-2-8-23-41)45-36-37-49-48-31-15-17-32-51(48)59(52(49)39-45,43-25-9-3-10-26-43)44-27-11-4-12-28-44/h1-39H. The molecular weight excluding hydrogens is 739 g/mol. The predicted octanol–water partition coefficient (Wildman–Crippen LogP) is 15.9. The zero-order valence-corrected chi connectivity index (χ0v) is 33.4. The van der Waals surface area contributed by atoms with E-state index in [9.17, 15) is 0 Å². The van der Waals surface area contributed by atoms with Crippen LogP contribution in [-0.2, 0) is 5.41 Å². The van der Waals surface area contributed by atoms with Crippen LogP contribution in [0.15, 0.2) is 241 Å². The maximum atomic E-state index is 7.06. The van der Waals surface area contributed by atoms with Gasteiger partial charge in [-0.05, 0) is 91.7 Å². The summed E-state index contributed by atoms with van der Waals surface area (Å²) in [5.41, 5.74) is 16.5. The van der Waals surface area contributed by atoms with E-state index in [1.54, 1.807) is 0 Å². The summed E-state index contributed by atoms with van der Waals surface area (Å²) in [7, 11) is 0. The van der Waals surface area contributed by atoms with E-state index in [1.165, 1.54) is 44.2 Å². The number of hydrogen-bond donors (Lipinski definition) is 0. The molecule has 2 heteroatoms. The minimum absolute atomic E-state index is 0.549. The summed E-state index contributed by atoms with van der Waals surface area (Å²) in [5.74, 6) is 0. The van der Waals surface area contributed by atoms with E-state index in [0.717, 1.165) is 61.3 Å². The van der Waals surface area contributed by atoms with Crippen molar-refractivity contribution in [2.24, 2.45) is 0 Å². The Morgan fingerprint density at radius 3 is 1.69 bits per heavy atom. The van der Waals surface area contributed by atoms with Gasteiger partial charge in [-0.15, -0.1) is 0 Å². The fourth-order valence-corrected chi connectivity index (χ4v) is 10.2. The van der Waals surface area contributed by atoms with Gasteiger partial charge in [-0.3, -0.25) is 0 Å². The number of rotatable bonds is 7.